The molecule has 6 heteroatoms. The van der Waals surface area contributed by atoms with Crippen LogP contribution in [0.25, 0.3) is 0 Å². The fourth-order valence-corrected chi connectivity index (χ4v) is 0.374. The van der Waals surface area contributed by atoms with Crippen molar-refractivity contribution in [2.45, 2.75) is 0 Å². The van der Waals surface area contributed by atoms with Gasteiger partial charge >= 0.3 is 5.56 Å². The van der Waals surface area contributed by atoms with E-state index in [1.807, 2.05) is 0 Å². The van der Waals surface area contributed by atoms with Gasteiger partial charge in [0.25, 0.3) is 0 Å². The van der Waals surface area contributed by atoms with Crippen LogP contribution in [0.4, 0.5) is 13.4 Å². The molecule has 1 rings (SSSR count). The molecule has 0 spiro atoms. The summed E-state index contributed by atoms with van der Waals surface area (Å²) in [5.74, 6) is -1.46. The number of rotatable bonds is 0. The lowest BCUT2D eigenvalue weighted by Gasteiger charge is -1.81. The van der Waals surface area contributed by atoms with Crippen LogP contribution in [0.15, 0.2) is 11.0 Å². The molecule has 0 aromatic carbocycles. The Labute approximate surface area is 46.8 Å². The molecule has 0 saturated heterocycles. The first-order valence-corrected chi connectivity index (χ1v) is 1.95. The molecule has 0 unspecified atom stereocenters. The van der Waals surface area contributed by atoms with Gasteiger partial charge in [0.1, 0.15) is 6.20 Å². The summed E-state index contributed by atoms with van der Waals surface area (Å²) in [6.45, 7) is 0. The number of hydrogen-bond donors (Lipinski definition) is 0. The lowest BCUT2D eigenvalue weighted by atomic mass is 10.7. The lowest BCUT2D eigenvalue weighted by Crippen LogP contribution is -2.13. The third kappa shape index (κ3) is 0.715. The van der Waals surface area contributed by atoms with E-state index in [1.54, 1.807) is 0 Å². The van der Waals surface area contributed by atoms with Crippen LogP contribution in [0, 0.1) is 5.82 Å². The van der Waals surface area contributed by atoms with E-state index in [2.05, 4.69) is 0 Å². The first kappa shape index (κ1) is 5.93. The molecule has 0 saturated carbocycles. The van der Waals surface area contributed by atoms with Crippen LogP contribution in [0.3, 0.4) is 0 Å². The largest absolute Gasteiger partial charge is 0.335 e. The van der Waals surface area contributed by atoms with Gasteiger partial charge in [0.15, 0.2) is 0 Å². The van der Waals surface area contributed by atoms with Gasteiger partial charge in [-0.3, -0.25) is 4.79 Å². The Morgan fingerprint density at radius 2 is 2.00 bits per heavy atom. The topological polar surface area (TPSA) is 26.9 Å². The summed E-state index contributed by atoms with van der Waals surface area (Å²) in [5.41, 5.74) is -1.63. The SMILES string of the molecule is O=c1c(F)cn(F)n1F. The fraction of sp³-hybridized carbons (Fsp3) is 0. The van der Waals surface area contributed by atoms with Gasteiger partial charge in [0.2, 0.25) is 5.82 Å². The van der Waals surface area contributed by atoms with Crippen molar-refractivity contribution in [3.63, 3.8) is 0 Å². The van der Waals surface area contributed by atoms with Gasteiger partial charge in [-0.1, -0.05) is 13.9 Å². The molecule has 0 radical (unpaired) electrons. The van der Waals surface area contributed by atoms with E-state index in [9.17, 15) is 18.1 Å². The molecule has 0 aliphatic carbocycles. The third-order valence-electron chi connectivity index (χ3n) is 0.760. The molecular weight excluding hydrogens is 137 g/mol. The summed E-state index contributed by atoms with van der Waals surface area (Å²) in [7, 11) is 0. The van der Waals surface area contributed by atoms with Crippen molar-refractivity contribution in [2.24, 2.45) is 0 Å². The molecule has 1 aromatic rings. The number of halogens is 3. The van der Waals surface area contributed by atoms with Crippen molar-refractivity contribution in [3.8, 4) is 0 Å². The number of hydrogen-bond acceptors (Lipinski definition) is 1. The maximum absolute atomic E-state index is 11.8. The van der Waals surface area contributed by atoms with E-state index in [1.165, 1.54) is 0 Å². The minimum absolute atomic E-state index is 0.0995. The minimum Gasteiger partial charge on any atom is -0.262 e. The Balaban J connectivity index is 3.48. The second kappa shape index (κ2) is 1.64. The van der Waals surface area contributed by atoms with Crippen LogP contribution in [-0.2, 0) is 0 Å². The molecule has 0 fully saturated rings. The van der Waals surface area contributed by atoms with Crippen molar-refractivity contribution >= 4 is 0 Å². The van der Waals surface area contributed by atoms with Crippen LogP contribution in [0.1, 0.15) is 0 Å². The van der Waals surface area contributed by atoms with Gasteiger partial charge in [-0.25, -0.2) is 0 Å². The van der Waals surface area contributed by atoms with Crippen LogP contribution < -0.4 is 5.56 Å². The maximum atomic E-state index is 11.8. The van der Waals surface area contributed by atoms with Crippen LogP contribution in [0.2, 0.25) is 0 Å². The van der Waals surface area contributed by atoms with Crippen molar-refractivity contribution in [1.82, 2.24) is 9.81 Å². The van der Waals surface area contributed by atoms with E-state index in [4.69, 9.17) is 0 Å². The summed E-state index contributed by atoms with van der Waals surface area (Å²) in [4.78, 5) is 8.18. The Hall–Kier alpha value is -1.20. The molecule has 0 bridgehead atoms. The zero-order chi connectivity index (χ0) is 7.02. The smallest absolute Gasteiger partial charge is 0.262 e. The van der Waals surface area contributed by atoms with E-state index in [0.717, 1.165) is 0 Å². The Bertz CT molecular complexity index is 275. The zero-order valence-electron chi connectivity index (χ0n) is 4.01. The Kier molecular flexibility index (Phi) is 1.08. The second-order valence-corrected chi connectivity index (χ2v) is 1.33. The molecule has 9 heavy (non-hydrogen) atoms. The number of nitrogens with zero attached hydrogens (tertiary/aromatic N) is 2. The van der Waals surface area contributed by atoms with E-state index in [0.29, 0.717) is 0 Å². The van der Waals surface area contributed by atoms with Crippen molar-refractivity contribution in [1.29, 1.82) is 0 Å². The average Bonchev–Trinajstić information content (AvgIpc) is 1.98. The predicted molar refractivity (Wildman–Crippen MR) is 21.7 cm³/mol. The highest BCUT2D eigenvalue weighted by Gasteiger charge is 2.08. The Morgan fingerprint density at radius 1 is 1.44 bits per heavy atom. The molecule has 0 aliphatic heterocycles. The zero-order valence-corrected chi connectivity index (χ0v) is 4.01. The highest BCUT2D eigenvalue weighted by Crippen LogP contribution is 1.90. The molecule has 0 amide bonds. The van der Waals surface area contributed by atoms with E-state index >= 15 is 0 Å². The molecule has 0 aliphatic rings. The summed E-state index contributed by atoms with van der Waals surface area (Å²) in [6.07, 6.45) is 0.0995. The van der Waals surface area contributed by atoms with Crippen molar-refractivity contribution < 1.29 is 13.4 Å². The third-order valence-corrected chi connectivity index (χ3v) is 0.760. The van der Waals surface area contributed by atoms with Gasteiger partial charge in [-0.2, -0.15) is 4.39 Å². The molecule has 1 aromatic heterocycles. The van der Waals surface area contributed by atoms with Gasteiger partial charge in [-0.05, 0) is 4.90 Å². The van der Waals surface area contributed by atoms with Gasteiger partial charge < -0.3 is 0 Å². The summed E-state index contributed by atoms with van der Waals surface area (Å²) >= 11 is 0. The molecule has 1 heterocycles. The normalized spacial score (nSPS) is 10.1. The quantitative estimate of drug-likeness (QED) is 0.505. The lowest BCUT2D eigenvalue weighted by molar-refractivity contribution is 0.136. The summed E-state index contributed by atoms with van der Waals surface area (Å²) in [6, 6.07) is 0. The fourth-order valence-electron chi connectivity index (χ4n) is 0.374. The first-order chi connectivity index (χ1) is 4.13. The highest BCUT2D eigenvalue weighted by atomic mass is 19.2. The molecular formula is C3HF3N2O. The summed E-state index contributed by atoms with van der Waals surface area (Å²) < 4.78 is 35.1. The minimum atomic E-state index is -1.63. The first-order valence-electron chi connectivity index (χ1n) is 1.95. The number of aromatic nitrogens is 2. The predicted octanol–water partition coefficient (Wildman–Crippen LogP) is 0.254. The molecule has 50 valence electrons. The maximum Gasteiger partial charge on any atom is 0.335 e. The van der Waals surface area contributed by atoms with Crippen LogP contribution in [0.5, 0.6) is 0 Å². The summed E-state index contributed by atoms with van der Waals surface area (Å²) in [5, 5.41) is 0. The van der Waals surface area contributed by atoms with E-state index < -0.39 is 21.2 Å². The van der Waals surface area contributed by atoms with Gasteiger partial charge in [-0.15, -0.1) is 0 Å². The Morgan fingerprint density at radius 3 is 2.11 bits per heavy atom. The average molecular weight is 138 g/mol. The van der Waals surface area contributed by atoms with Crippen LogP contribution in [-0.4, -0.2) is 9.81 Å². The molecule has 0 N–H and O–H groups in total. The van der Waals surface area contributed by atoms with E-state index in [-0.39, 0.29) is 6.20 Å². The van der Waals surface area contributed by atoms with Crippen molar-refractivity contribution in [3.05, 3.63) is 22.4 Å². The van der Waals surface area contributed by atoms with Crippen LogP contribution >= 0.6 is 0 Å². The van der Waals surface area contributed by atoms with Gasteiger partial charge in [0, 0.05) is 0 Å². The molecule has 0 atom stereocenters. The standard InChI is InChI=1S/C3HF3N2O/c4-2-1-7(5)8(6)3(2)9/h1H. The highest BCUT2D eigenvalue weighted by molar-refractivity contribution is 4.84. The monoisotopic (exact) mass is 138 g/mol. The second-order valence-electron chi connectivity index (χ2n) is 1.33. The van der Waals surface area contributed by atoms with Crippen molar-refractivity contribution in [2.75, 3.05) is 0 Å². The van der Waals surface area contributed by atoms with Gasteiger partial charge in [0.05, 0.1) is 0 Å². The molecule has 3 nitrogen and oxygen atoms in total.